The van der Waals surface area contributed by atoms with Gasteiger partial charge in [0, 0.05) is 17.4 Å². The van der Waals surface area contributed by atoms with E-state index in [0.29, 0.717) is 17.0 Å². The van der Waals surface area contributed by atoms with Crippen molar-refractivity contribution in [3.63, 3.8) is 0 Å². The van der Waals surface area contributed by atoms with Crippen LogP contribution in [0.3, 0.4) is 0 Å². The smallest absolute Gasteiger partial charge is 0.282 e. The predicted molar refractivity (Wildman–Crippen MR) is 153 cm³/mol. The summed E-state index contributed by atoms with van der Waals surface area (Å²) < 4.78 is 56.5. The van der Waals surface area contributed by atoms with Crippen LogP contribution >= 0.6 is 0 Å². The summed E-state index contributed by atoms with van der Waals surface area (Å²) in [5.41, 5.74) is 7.54. The summed E-state index contributed by atoms with van der Waals surface area (Å²) in [6.45, 7) is 3.59. The van der Waals surface area contributed by atoms with E-state index in [1.165, 1.54) is 27.5 Å². The third-order valence-electron chi connectivity index (χ3n) is 6.34. The maximum absolute atomic E-state index is 13.8. The molecule has 212 valence electrons. The molecule has 0 fully saturated rings. The lowest BCUT2D eigenvalue weighted by atomic mass is 10.0. The number of sulfonamides is 1. The molecule has 4 N–H and O–H groups in total. The molecule has 0 aliphatic carbocycles. The first kappa shape index (κ1) is 27.7. The highest BCUT2D eigenvalue weighted by Gasteiger charge is 2.23. The van der Waals surface area contributed by atoms with Crippen LogP contribution in [-0.2, 0) is 10.0 Å². The van der Waals surface area contributed by atoms with Crippen LogP contribution < -0.4 is 21.3 Å². The SMILES string of the molecule is Cc1ccn2nc([C@H](C)Nc3ncnc(N)c3-c3cc(NS(C)(=O)=O)cc(C(F)F)c3)n(-c3ccccc3)c(=O)c12. The molecule has 0 aliphatic heterocycles. The van der Waals surface area contributed by atoms with Crippen LogP contribution in [0.5, 0.6) is 0 Å². The number of fused-ring (bicyclic) bond motifs is 1. The van der Waals surface area contributed by atoms with Gasteiger partial charge in [0.1, 0.15) is 23.5 Å². The first-order valence-electron chi connectivity index (χ1n) is 12.4. The molecule has 5 rings (SSSR count). The molecule has 1 atom stereocenters. The highest BCUT2D eigenvalue weighted by Crippen LogP contribution is 2.37. The topological polar surface area (TPSA) is 149 Å². The lowest BCUT2D eigenvalue weighted by Gasteiger charge is -2.21. The van der Waals surface area contributed by atoms with E-state index in [4.69, 9.17) is 10.8 Å². The zero-order valence-corrected chi connectivity index (χ0v) is 23.0. The molecule has 14 heteroatoms. The van der Waals surface area contributed by atoms with Crippen LogP contribution in [0.1, 0.15) is 36.3 Å². The van der Waals surface area contributed by atoms with Gasteiger partial charge in [0.15, 0.2) is 5.82 Å². The van der Waals surface area contributed by atoms with Gasteiger partial charge in [-0.25, -0.2) is 31.7 Å². The molecule has 3 heterocycles. The van der Waals surface area contributed by atoms with Crippen LogP contribution in [0.15, 0.2) is 71.9 Å². The van der Waals surface area contributed by atoms with Crippen molar-refractivity contribution in [1.29, 1.82) is 0 Å². The highest BCUT2D eigenvalue weighted by molar-refractivity contribution is 7.92. The monoisotopic (exact) mass is 580 g/mol. The molecule has 0 bridgehead atoms. The second-order valence-electron chi connectivity index (χ2n) is 9.49. The Morgan fingerprint density at radius 1 is 1.05 bits per heavy atom. The van der Waals surface area contributed by atoms with Crippen LogP contribution in [0.25, 0.3) is 22.3 Å². The Balaban J connectivity index is 1.65. The minimum absolute atomic E-state index is 0.0312. The number of aromatic nitrogens is 5. The van der Waals surface area contributed by atoms with E-state index in [1.807, 2.05) is 13.0 Å². The maximum atomic E-state index is 13.8. The highest BCUT2D eigenvalue weighted by atomic mass is 32.2. The summed E-state index contributed by atoms with van der Waals surface area (Å²) >= 11 is 0. The van der Waals surface area contributed by atoms with E-state index in [0.717, 1.165) is 17.9 Å². The Hall–Kier alpha value is -4.85. The Bertz CT molecular complexity index is 1920. The molecule has 0 unspecified atom stereocenters. The molecule has 0 saturated heterocycles. The Morgan fingerprint density at radius 2 is 1.78 bits per heavy atom. The minimum atomic E-state index is -3.76. The van der Waals surface area contributed by atoms with E-state index in [2.05, 4.69) is 20.0 Å². The summed E-state index contributed by atoms with van der Waals surface area (Å²) in [6.07, 6.45) is 0.922. The summed E-state index contributed by atoms with van der Waals surface area (Å²) in [5, 5.41) is 7.91. The van der Waals surface area contributed by atoms with Crippen molar-refractivity contribution in [2.45, 2.75) is 26.3 Å². The van der Waals surface area contributed by atoms with Crippen molar-refractivity contribution in [2.24, 2.45) is 0 Å². The maximum Gasteiger partial charge on any atom is 0.282 e. The minimum Gasteiger partial charge on any atom is -0.383 e. The lowest BCUT2D eigenvalue weighted by Crippen LogP contribution is -2.29. The van der Waals surface area contributed by atoms with Crippen molar-refractivity contribution >= 4 is 32.9 Å². The van der Waals surface area contributed by atoms with Crippen molar-refractivity contribution < 1.29 is 17.2 Å². The number of nitrogens with one attached hydrogen (secondary N) is 2. The van der Waals surface area contributed by atoms with Gasteiger partial charge >= 0.3 is 0 Å². The van der Waals surface area contributed by atoms with Gasteiger partial charge in [-0.3, -0.25) is 14.1 Å². The van der Waals surface area contributed by atoms with Gasteiger partial charge in [0.25, 0.3) is 12.0 Å². The molecular weight excluding hydrogens is 554 g/mol. The predicted octanol–water partition coefficient (Wildman–Crippen LogP) is 4.32. The molecular formula is C27H26F2N8O3S. The summed E-state index contributed by atoms with van der Waals surface area (Å²) in [4.78, 5) is 22.0. The molecule has 0 saturated carbocycles. The molecule has 0 aliphatic rings. The fraction of sp³-hybridized carbons (Fsp3) is 0.185. The number of rotatable bonds is 8. The zero-order chi connectivity index (χ0) is 29.5. The van der Waals surface area contributed by atoms with E-state index >= 15 is 0 Å². The van der Waals surface area contributed by atoms with Crippen LogP contribution in [-0.4, -0.2) is 38.8 Å². The molecule has 0 amide bonds. The summed E-state index contributed by atoms with van der Waals surface area (Å²) in [7, 11) is -3.76. The largest absolute Gasteiger partial charge is 0.383 e. The van der Waals surface area contributed by atoms with E-state index in [1.54, 1.807) is 43.5 Å². The van der Waals surface area contributed by atoms with Crippen molar-refractivity contribution in [3.05, 3.63) is 94.4 Å². The van der Waals surface area contributed by atoms with E-state index < -0.39 is 28.1 Å². The standard InChI is InChI=1S/C27H26F2N8O3S/c1-15-9-10-36-22(15)27(38)37(20-7-5-4-6-8-20)26(34-36)16(2)33-25-21(24(30)31-14-32-25)17-11-18(23(28)29)13-19(12-17)35-41(3,39)40/h4-14,16,23,35H,1-3H3,(H3,30,31,32,33)/t16-/m0/s1. The average molecular weight is 581 g/mol. The molecule has 41 heavy (non-hydrogen) atoms. The first-order chi connectivity index (χ1) is 19.4. The molecule has 2 aromatic carbocycles. The quantitative estimate of drug-likeness (QED) is 0.246. The molecule has 0 spiro atoms. The van der Waals surface area contributed by atoms with Crippen molar-refractivity contribution in [1.82, 2.24) is 24.1 Å². The van der Waals surface area contributed by atoms with Gasteiger partial charge in [-0.1, -0.05) is 18.2 Å². The fourth-order valence-electron chi connectivity index (χ4n) is 4.60. The number of aryl methyl sites for hydroxylation is 1. The van der Waals surface area contributed by atoms with Gasteiger partial charge in [-0.05, 0) is 61.4 Å². The van der Waals surface area contributed by atoms with Gasteiger partial charge in [0.05, 0.1) is 23.5 Å². The third kappa shape index (κ3) is 5.59. The zero-order valence-electron chi connectivity index (χ0n) is 22.2. The summed E-state index contributed by atoms with van der Waals surface area (Å²) in [5.74, 6) is 0.476. The van der Waals surface area contributed by atoms with Gasteiger partial charge in [-0.15, -0.1) is 0 Å². The third-order valence-corrected chi connectivity index (χ3v) is 6.95. The summed E-state index contributed by atoms with van der Waals surface area (Å²) in [6, 6.07) is 13.8. The first-order valence-corrected chi connectivity index (χ1v) is 14.3. The number of nitrogen functional groups attached to an aromatic ring is 1. The number of anilines is 3. The normalized spacial score (nSPS) is 12.5. The average Bonchev–Trinajstić information content (AvgIpc) is 3.28. The number of nitrogens with two attached hydrogens (primary N) is 1. The number of hydrogen-bond acceptors (Lipinski definition) is 8. The number of hydrogen-bond donors (Lipinski definition) is 3. The molecule has 0 radical (unpaired) electrons. The number of para-hydroxylation sites is 1. The molecule has 11 nitrogen and oxygen atoms in total. The van der Waals surface area contributed by atoms with E-state index in [-0.39, 0.29) is 34.0 Å². The van der Waals surface area contributed by atoms with Crippen LogP contribution in [0, 0.1) is 6.92 Å². The van der Waals surface area contributed by atoms with Crippen LogP contribution in [0.2, 0.25) is 0 Å². The van der Waals surface area contributed by atoms with Crippen molar-refractivity contribution in [3.8, 4) is 16.8 Å². The van der Waals surface area contributed by atoms with Gasteiger partial charge < -0.3 is 11.1 Å². The number of halogens is 2. The Kier molecular flexibility index (Phi) is 7.17. The van der Waals surface area contributed by atoms with Crippen LogP contribution in [0.4, 0.5) is 26.1 Å². The lowest BCUT2D eigenvalue weighted by molar-refractivity contribution is 0.151. The van der Waals surface area contributed by atoms with Gasteiger partial charge in [0.2, 0.25) is 10.0 Å². The number of benzene rings is 2. The number of nitrogens with zero attached hydrogens (tertiary/aromatic N) is 5. The van der Waals surface area contributed by atoms with E-state index in [9.17, 15) is 22.0 Å². The molecule has 3 aromatic heterocycles. The Morgan fingerprint density at radius 3 is 2.46 bits per heavy atom. The van der Waals surface area contributed by atoms with Crippen molar-refractivity contribution in [2.75, 3.05) is 22.0 Å². The Labute approximate surface area is 233 Å². The van der Waals surface area contributed by atoms with Gasteiger partial charge in [-0.2, -0.15) is 5.10 Å². The molecule has 5 aromatic rings. The number of alkyl halides is 2. The fourth-order valence-corrected chi connectivity index (χ4v) is 5.14. The second-order valence-corrected chi connectivity index (χ2v) is 11.2. The second kappa shape index (κ2) is 10.6.